The van der Waals surface area contributed by atoms with E-state index in [1.807, 2.05) is 18.2 Å². The van der Waals surface area contributed by atoms with Crippen LogP contribution >= 0.6 is 0 Å². The Morgan fingerprint density at radius 1 is 1.05 bits per heavy atom. The second kappa shape index (κ2) is 6.67. The summed E-state index contributed by atoms with van der Waals surface area (Å²) < 4.78 is 13.4. The zero-order chi connectivity index (χ0) is 13.5. The van der Waals surface area contributed by atoms with Crippen LogP contribution < -0.4 is 5.32 Å². The lowest BCUT2D eigenvalue weighted by Crippen LogP contribution is -2.17. The van der Waals surface area contributed by atoms with Crippen LogP contribution in [-0.2, 0) is 13.0 Å². The number of nitrogens with zero attached hydrogens (tertiary/aromatic N) is 1. The van der Waals surface area contributed by atoms with Crippen molar-refractivity contribution in [3.63, 3.8) is 0 Å². The number of benzene rings is 2. The molecule has 0 aromatic heterocycles. The van der Waals surface area contributed by atoms with Crippen LogP contribution in [0.4, 0.5) is 4.39 Å². The number of hydrogen-bond acceptors (Lipinski definition) is 2. The van der Waals surface area contributed by atoms with Gasteiger partial charge in [-0.1, -0.05) is 30.3 Å². The summed E-state index contributed by atoms with van der Waals surface area (Å²) in [6.07, 6.45) is 0.670. The van der Waals surface area contributed by atoms with Crippen LogP contribution in [0.15, 0.2) is 48.5 Å². The van der Waals surface area contributed by atoms with E-state index in [1.54, 1.807) is 24.3 Å². The highest BCUT2D eigenvalue weighted by atomic mass is 19.1. The van der Waals surface area contributed by atoms with Gasteiger partial charge in [-0.05, 0) is 42.3 Å². The van der Waals surface area contributed by atoms with Gasteiger partial charge in [-0.3, -0.25) is 0 Å². The first kappa shape index (κ1) is 13.3. The molecule has 0 saturated carbocycles. The first-order valence-electron chi connectivity index (χ1n) is 6.23. The van der Waals surface area contributed by atoms with Crippen molar-refractivity contribution >= 4 is 0 Å². The molecule has 0 unspecified atom stereocenters. The van der Waals surface area contributed by atoms with Crippen LogP contribution in [0, 0.1) is 17.1 Å². The second-order valence-corrected chi connectivity index (χ2v) is 4.33. The average molecular weight is 254 g/mol. The molecule has 0 aliphatic heterocycles. The molecule has 0 spiro atoms. The molecule has 0 saturated heterocycles. The van der Waals surface area contributed by atoms with E-state index in [2.05, 4.69) is 11.4 Å². The summed E-state index contributed by atoms with van der Waals surface area (Å²) in [6, 6.07) is 16.4. The molecular weight excluding hydrogens is 239 g/mol. The molecule has 0 heterocycles. The van der Waals surface area contributed by atoms with Crippen molar-refractivity contribution in [1.29, 1.82) is 5.26 Å². The summed E-state index contributed by atoms with van der Waals surface area (Å²) in [5.41, 5.74) is 2.51. The summed E-state index contributed by atoms with van der Waals surface area (Å²) in [5, 5.41) is 12.0. The smallest absolute Gasteiger partial charge is 0.126 e. The molecule has 2 aromatic carbocycles. The first-order valence-corrected chi connectivity index (χ1v) is 6.23. The average Bonchev–Trinajstić information content (AvgIpc) is 2.46. The van der Waals surface area contributed by atoms with Crippen molar-refractivity contribution < 1.29 is 4.39 Å². The second-order valence-electron chi connectivity index (χ2n) is 4.33. The minimum Gasteiger partial charge on any atom is -0.312 e. The molecule has 3 heteroatoms. The highest BCUT2D eigenvalue weighted by Crippen LogP contribution is 2.07. The van der Waals surface area contributed by atoms with Crippen molar-refractivity contribution in [1.82, 2.24) is 5.32 Å². The first-order chi connectivity index (χ1) is 9.29. The van der Waals surface area contributed by atoms with Gasteiger partial charge in [0, 0.05) is 6.54 Å². The lowest BCUT2D eigenvalue weighted by molar-refractivity contribution is 0.598. The Bertz CT molecular complexity index is 570. The van der Waals surface area contributed by atoms with Crippen LogP contribution in [0.2, 0.25) is 0 Å². The number of halogens is 1. The molecule has 1 N–H and O–H groups in total. The van der Waals surface area contributed by atoms with Gasteiger partial charge in [-0.25, -0.2) is 4.39 Å². The van der Waals surface area contributed by atoms with Gasteiger partial charge in [0.25, 0.3) is 0 Å². The number of nitrogens with one attached hydrogen (secondary N) is 1. The third kappa shape index (κ3) is 3.90. The van der Waals surface area contributed by atoms with Gasteiger partial charge >= 0.3 is 0 Å². The Kier molecular flexibility index (Phi) is 4.66. The van der Waals surface area contributed by atoms with Crippen molar-refractivity contribution in [2.24, 2.45) is 0 Å². The van der Waals surface area contributed by atoms with Gasteiger partial charge in [-0.15, -0.1) is 0 Å². The molecule has 2 rings (SSSR count). The highest BCUT2D eigenvalue weighted by Gasteiger charge is 2.00. The molecule has 19 heavy (non-hydrogen) atoms. The van der Waals surface area contributed by atoms with Crippen molar-refractivity contribution in [2.45, 2.75) is 13.0 Å². The molecule has 0 amide bonds. The van der Waals surface area contributed by atoms with Gasteiger partial charge in [0.2, 0.25) is 0 Å². The molecule has 0 fully saturated rings. The van der Waals surface area contributed by atoms with E-state index >= 15 is 0 Å². The Morgan fingerprint density at radius 3 is 2.47 bits per heavy atom. The topological polar surface area (TPSA) is 35.8 Å². The standard InChI is InChI=1S/C16H15FN2/c17-16-4-2-1-3-15(16)9-10-19-12-14-7-5-13(11-18)6-8-14/h1-8,19H,9-10,12H2. The Morgan fingerprint density at radius 2 is 1.79 bits per heavy atom. The Labute approximate surface area is 112 Å². The maximum absolute atomic E-state index is 13.4. The SMILES string of the molecule is N#Cc1ccc(CNCCc2ccccc2F)cc1. The quantitative estimate of drug-likeness (QED) is 0.832. The van der Waals surface area contributed by atoms with Gasteiger partial charge in [-0.2, -0.15) is 5.26 Å². The van der Waals surface area contributed by atoms with E-state index in [4.69, 9.17) is 5.26 Å². The molecule has 2 aromatic rings. The Hall–Kier alpha value is -2.18. The summed E-state index contributed by atoms with van der Waals surface area (Å²) in [5.74, 6) is -0.150. The lowest BCUT2D eigenvalue weighted by atomic mass is 10.1. The van der Waals surface area contributed by atoms with E-state index in [9.17, 15) is 4.39 Å². The molecule has 0 aliphatic rings. The third-order valence-corrected chi connectivity index (χ3v) is 2.94. The summed E-state index contributed by atoms with van der Waals surface area (Å²) in [7, 11) is 0. The van der Waals surface area contributed by atoms with Gasteiger partial charge in [0.05, 0.1) is 11.6 Å². The van der Waals surface area contributed by atoms with E-state index in [1.165, 1.54) is 6.07 Å². The van der Waals surface area contributed by atoms with Gasteiger partial charge < -0.3 is 5.32 Å². The summed E-state index contributed by atoms with van der Waals surface area (Å²) in [6.45, 7) is 1.45. The molecular formula is C16H15FN2. The zero-order valence-electron chi connectivity index (χ0n) is 10.6. The predicted octanol–water partition coefficient (Wildman–Crippen LogP) is 3.03. The Balaban J connectivity index is 1.78. The molecule has 0 atom stereocenters. The maximum Gasteiger partial charge on any atom is 0.126 e. The van der Waals surface area contributed by atoms with Gasteiger partial charge in [0.15, 0.2) is 0 Å². The van der Waals surface area contributed by atoms with Crippen LogP contribution in [0.1, 0.15) is 16.7 Å². The molecule has 0 aliphatic carbocycles. The van der Waals surface area contributed by atoms with Crippen molar-refractivity contribution in [3.05, 3.63) is 71.0 Å². The van der Waals surface area contributed by atoms with Crippen LogP contribution in [0.3, 0.4) is 0 Å². The molecule has 0 radical (unpaired) electrons. The highest BCUT2D eigenvalue weighted by molar-refractivity contribution is 5.31. The fraction of sp³-hybridized carbons (Fsp3) is 0.188. The summed E-state index contributed by atoms with van der Waals surface area (Å²) >= 11 is 0. The van der Waals surface area contributed by atoms with E-state index in [0.29, 0.717) is 12.0 Å². The molecule has 0 bridgehead atoms. The lowest BCUT2D eigenvalue weighted by Gasteiger charge is -2.06. The zero-order valence-corrected chi connectivity index (χ0v) is 10.6. The van der Waals surface area contributed by atoms with E-state index < -0.39 is 0 Å². The van der Waals surface area contributed by atoms with E-state index in [0.717, 1.165) is 24.2 Å². The third-order valence-electron chi connectivity index (χ3n) is 2.94. The van der Waals surface area contributed by atoms with Crippen molar-refractivity contribution in [3.8, 4) is 6.07 Å². The number of nitriles is 1. The van der Waals surface area contributed by atoms with Gasteiger partial charge in [0.1, 0.15) is 5.82 Å². The van der Waals surface area contributed by atoms with Crippen molar-refractivity contribution in [2.75, 3.05) is 6.54 Å². The number of rotatable bonds is 5. The minimum atomic E-state index is -0.150. The fourth-order valence-electron chi connectivity index (χ4n) is 1.85. The largest absolute Gasteiger partial charge is 0.312 e. The molecule has 96 valence electrons. The maximum atomic E-state index is 13.4. The van der Waals surface area contributed by atoms with Crippen LogP contribution in [-0.4, -0.2) is 6.54 Å². The molecule has 2 nitrogen and oxygen atoms in total. The van der Waals surface area contributed by atoms with Crippen LogP contribution in [0.5, 0.6) is 0 Å². The number of hydrogen-bond donors (Lipinski definition) is 1. The van der Waals surface area contributed by atoms with Crippen LogP contribution in [0.25, 0.3) is 0 Å². The predicted molar refractivity (Wildman–Crippen MR) is 73.0 cm³/mol. The van der Waals surface area contributed by atoms with E-state index in [-0.39, 0.29) is 5.82 Å². The summed E-state index contributed by atoms with van der Waals surface area (Å²) in [4.78, 5) is 0. The monoisotopic (exact) mass is 254 g/mol. The normalized spacial score (nSPS) is 10.1. The minimum absolute atomic E-state index is 0.150. The fourth-order valence-corrected chi connectivity index (χ4v) is 1.85.